The quantitative estimate of drug-likeness (QED) is 0.504. The van der Waals surface area contributed by atoms with E-state index in [1.165, 1.54) is 43.4 Å². The summed E-state index contributed by atoms with van der Waals surface area (Å²) in [7, 11) is -2.61. The number of hydrogen-bond acceptors (Lipinski definition) is 6. The SMILES string of the molecule is CN1c2ccccc2Oc2ccc(C(=O)Nc3ccccc3[N+](=O)[O-])cc2S1(=O)=O. The molecule has 0 atom stereocenters. The Bertz CT molecular complexity index is 1290. The number of nitrogens with zero attached hydrogens (tertiary/aromatic N) is 2. The highest BCUT2D eigenvalue weighted by atomic mass is 32.2. The van der Waals surface area contributed by atoms with Gasteiger partial charge < -0.3 is 10.1 Å². The van der Waals surface area contributed by atoms with Crippen LogP contribution >= 0.6 is 0 Å². The first-order valence-electron chi connectivity index (χ1n) is 8.73. The Morgan fingerprint density at radius 3 is 2.50 bits per heavy atom. The highest BCUT2D eigenvalue weighted by Gasteiger charge is 2.32. The Morgan fingerprint density at radius 2 is 1.73 bits per heavy atom. The summed E-state index contributed by atoms with van der Waals surface area (Å²) in [6.07, 6.45) is 0. The number of rotatable bonds is 3. The van der Waals surface area contributed by atoms with Gasteiger partial charge in [0.2, 0.25) is 0 Å². The van der Waals surface area contributed by atoms with Crippen LogP contribution in [0.15, 0.2) is 71.6 Å². The number of nitrogens with one attached hydrogen (secondary N) is 1. The van der Waals surface area contributed by atoms with Crippen LogP contribution in [0, 0.1) is 10.1 Å². The summed E-state index contributed by atoms with van der Waals surface area (Å²) in [4.78, 5) is 23.0. The molecule has 0 saturated carbocycles. The Kier molecular flexibility index (Phi) is 4.63. The van der Waals surface area contributed by atoms with E-state index in [2.05, 4.69) is 5.32 Å². The molecule has 1 N–H and O–H groups in total. The van der Waals surface area contributed by atoms with Crippen molar-refractivity contribution in [1.29, 1.82) is 0 Å². The first-order chi connectivity index (χ1) is 14.3. The number of sulfonamides is 1. The average Bonchev–Trinajstić information content (AvgIpc) is 2.81. The molecule has 9 nitrogen and oxygen atoms in total. The fraction of sp³-hybridized carbons (Fsp3) is 0.0500. The topological polar surface area (TPSA) is 119 Å². The number of nitro groups is 1. The third kappa shape index (κ3) is 3.22. The van der Waals surface area contributed by atoms with Crippen LogP contribution in [0.25, 0.3) is 0 Å². The van der Waals surface area contributed by atoms with Gasteiger partial charge in [0.1, 0.15) is 16.3 Å². The van der Waals surface area contributed by atoms with Crippen LogP contribution in [0.3, 0.4) is 0 Å². The molecule has 0 bridgehead atoms. The van der Waals surface area contributed by atoms with E-state index < -0.39 is 20.9 Å². The second kappa shape index (κ2) is 7.16. The van der Waals surface area contributed by atoms with Crippen LogP contribution in [-0.2, 0) is 10.0 Å². The van der Waals surface area contributed by atoms with Crippen molar-refractivity contribution in [3.05, 3.63) is 82.4 Å². The zero-order chi connectivity index (χ0) is 21.5. The summed E-state index contributed by atoms with van der Waals surface area (Å²) < 4.78 is 33.0. The summed E-state index contributed by atoms with van der Waals surface area (Å²) in [6.45, 7) is 0. The highest BCUT2D eigenvalue weighted by Crippen LogP contribution is 2.41. The van der Waals surface area contributed by atoms with Crippen molar-refractivity contribution in [2.75, 3.05) is 16.7 Å². The molecule has 3 aromatic rings. The molecule has 4 rings (SSSR count). The van der Waals surface area contributed by atoms with Gasteiger partial charge in [0.05, 0.1) is 10.6 Å². The van der Waals surface area contributed by atoms with Crippen molar-refractivity contribution >= 4 is 33.0 Å². The molecule has 0 unspecified atom stereocenters. The minimum Gasteiger partial charge on any atom is -0.454 e. The van der Waals surface area contributed by atoms with Crippen molar-refractivity contribution in [3.63, 3.8) is 0 Å². The molecule has 3 aromatic carbocycles. The minimum atomic E-state index is -4.00. The Morgan fingerprint density at radius 1 is 1.03 bits per heavy atom. The van der Waals surface area contributed by atoms with E-state index in [9.17, 15) is 23.3 Å². The van der Waals surface area contributed by atoms with Gasteiger partial charge in [-0.3, -0.25) is 19.2 Å². The van der Waals surface area contributed by atoms with Gasteiger partial charge in [0, 0.05) is 18.7 Å². The third-order valence-corrected chi connectivity index (χ3v) is 6.41. The van der Waals surface area contributed by atoms with Crippen molar-refractivity contribution in [3.8, 4) is 11.5 Å². The molecule has 0 aromatic heterocycles. The van der Waals surface area contributed by atoms with Gasteiger partial charge in [-0.25, -0.2) is 8.42 Å². The standard InChI is InChI=1S/C20H15N3O6S/c1-22-16-8-4-5-9-17(16)29-18-11-10-13(12-19(18)30(22,27)28)20(24)21-14-6-2-3-7-15(14)23(25)26/h2-12H,1H3,(H,21,24). The maximum Gasteiger partial charge on any atom is 0.292 e. The van der Waals surface area contributed by atoms with Crippen molar-refractivity contribution in [2.45, 2.75) is 4.90 Å². The molecule has 30 heavy (non-hydrogen) atoms. The van der Waals surface area contributed by atoms with E-state index in [-0.39, 0.29) is 27.6 Å². The van der Waals surface area contributed by atoms with E-state index in [1.807, 2.05) is 0 Å². The van der Waals surface area contributed by atoms with Gasteiger partial charge in [-0.05, 0) is 36.4 Å². The molecular weight excluding hydrogens is 410 g/mol. The first-order valence-corrected chi connectivity index (χ1v) is 10.2. The minimum absolute atomic E-state index is 0.00562. The van der Waals surface area contributed by atoms with Gasteiger partial charge >= 0.3 is 0 Å². The van der Waals surface area contributed by atoms with Crippen LogP contribution in [0.2, 0.25) is 0 Å². The molecule has 1 aliphatic heterocycles. The molecule has 0 aliphatic carbocycles. The predicted octanol–water partition coefficient (Wildman–Crippen LogP) is 3.78. The number of carbonyl (C=O) groups is 1. The van der Waals surface area contributed by atoms with Crippen molar-refractivity contribution in [2.24, 2.45) is 0 Å². The second-order valence-electron chi connectivity index (χ2n) is 6.43. The summed E-state index contributed by atoms with van der Waals surface area (Å²) >= 11 is 0. The lowest BCUT2D eigenvalue weighted by molar-refractivity contribution is -0.383. The number of hydrogen-bond donors (Lipinski definition) is 1. The number of anilines is 2. The number of carbonyl (C=O) groups excluding carboxylic acids is 1. The zero-order valence-electron chi connectivity index (χ0n) is 15.6. The number of ether oxygens (including phenoxy) is 1. The molecule has 0 fully saturated rings. The second-order valence-corrected chi connectivity index (χ2v) is 8.37. The normalized spacial score (nSPS) is 14.0. The molecule has 1 aliphatic rings. The van der Waals surface area contributed by atoms with Crippen LogP contribution in [0.4, 0.5) is 17.1 Å². The smallest absolute Gasteiger partial charge is 0.292 e. The third-order valence-electron chi connectivity index (χ3n) is 4.62. The first kappa shape index (κ1) is 19.4. The van der Waals surface area contributed by atoms with E-state index in [0.29, 0.717) is 11.4 Å². The lowest BCUT2D eigenvalue weighted by atomic mass is 10.2. The average molecular weight is 425 g/mol. The molecule has 152 valence electrons. The molecular formula is C20H15N3O6S. The van der Waals surface area contributed by atoms with Crippen molar-refractivity contribution < 1.29 is 22.9 Å². The monoisotopic (exact) mass is 425 g/mol. The van der Waals surface area contributed by atoms with Crippen LogP contribution in [0.1, 0.15) is 10.4 Å². The van der Waals surface area contributed by atoms with Gasteiger partial charge in [0.15, 0.2) is 5.75 Å². The lowest BCUT2D eigenvalue weighted by Crippen LogP contribution is -2.26. The van der Waals surface area contributed by atoms with Gasteiger partial charge in [-0.15, -0.1) is 0 Å². The number of para-hydroxylation sites is 4. The maximum atomic E-state index is 13.1. The largest absolute Gasteiger partial charge is 0.454 e. The van der Waals surface area contributed by atoms with Crippen LogP contribution in [0.5, 0.6) is 11.5 Å². The summed E-state index contributed by atoms with van der Waals surface area (Å²) in [5.74, 6) is -0.250. The number of benzene rings is 3. The van der Waals surface area contributed by atoms with Crippen molar-refractivity contribution in [1.82, 2.24) is 0 Å². The Labute approximate surface area is 171 Å². The molecule has 1 heterocycles. The van der Waals surface area contributed by atoms with Crippen LogP contribution in [-0.4, -0.2) is 26.3 Å². The molecule has 0 saturated heterocycles. The number of amides is 1. The van der Waals surface area contributed by atoms with E-state index >= 15 is 0 Å². The Hall–Kier alpha value is -3.92. The predicted molar refractivity (Wildman–Crippen MR) is 110 cm³/mol. The summed E-state index contributed by atoms with van der Waals surface area (Å²) in [5, 5.41) is 13.6. The van der Waals surface area contributed by atoms with Crippen LogP contribution < -0.4 is 14.4 Å². The molecule has 0 spiro atoms. The highest BCUT2D eigenvalue weighted by molar-refractivity contribution is 7.93. The summed E-state index contributed by atoms with van der Waals surface area (Å²) in [6, 6.07) is 16.3. The van der Waals surface area contributed by atoms with E-state index in [0.717, 1.165) is 4.31 Å². The fourth-order valence-electron chi connectivity index (χ4n) is 3.07. The number of nitro benzene ring substituents is 1. The number of fused-ring (bicyclic) bond motifs is 2. The molecule has 1 amide bonds. The molecule has 0 radical (unpaired) electrons. The maximum absolute atomic E-state index is 13.1. The van der Waals surface area contributed by atoms with Gasteiger partial charge in [-0.2, -0.15) is 0 Å². The Balaban J connectivity index is 1.74. The van der Waals surface area contributed by atoms with E-state index in [4.69, 9.17) is 4.74 Å². The van der Waals surface area contributed by atoms with E-state index in [1.54, 1.807) is 30.3 Å². The molecule has 10 heteroatoms. The van der Waals surface area contributed by atoms with Gasteiger partial charge in [0.25, 0.3) is 21.6 Å². The lowest BCUT2D eigenvalue weighted by Gasteiger charge is -2.17. The summed E-state index contributed by atoms with van der Waals surface area (Å²) in [5.41, 5.74) is 0.107. The van der Waals surface area contributed by atoms with Gasteiger partial charge in [-0.1, -0.05) is 24.3 Å². The zero-order valence-corrected chi connectivity index (χ0v) is 16.4. The fourth-order valence-corrected chi connectivity index (χ4v) is 4.41.